The van der Waals surface area contributed by atoms with Gasteiger partial charge in [-0.05, 0) is 66.0 Å². The van der Waals surface area contributed by atoms with Crippen molar-refractivity contribution in [3.05, 3.63) is 0 Å². The Morgan fingerprint density at radius 3 is 2.05 bits per heavy atom. The summed E-state index contributed by atoms with van der Waals surface area (Å²) < 4.78 is 5.75. The molecule has 0 saturated heterocycles. The van der Waals surface area contributed by atoms with Gasteiger partial charge in [0.05, 0.1) is 6.61 Å². The van der Waals surface area contributed by atoms with E-state index in [4.69, 9.17) is 4.74 Å². The van der Waals surface area contributed by atoms with Crippen LogP contribution in [0.15, 0.2) is 0 Å². The van der Waals surface area contributed by atoms with Crippen molar-refractivity contribution in [2.75, 3.05) is 32.8 Å². The summed E-state index contributed by atoms with van der Waals surface area (Å²) in [6.07, 6.45) is 3.72. The second kappa shape index (κ2) is 12.6. The zero-order chi connectivity index (χ0) is 15.4. The smallest absolute Gasteiger partial charge is 0.0593 e. The molecule has 0 spiro atoms. The van der Waals surface area contributed by atoms with E-state index in [0.717, 1.165) is 38.8 Å². The van der Waals surface area contributed by atoms with Crippen molar-refractivity contribution < 1.29 is 4.74 Å². The van der Waals surface area contributed by atoms with Crippen molar-refractivity contribution in [2.45, 2.75) is 72.9 Å². The van der Waals surface area contributed by atoms with Crippen LogP contribution < -0.4 is 5.32 Å². The van der Waals surface area contributed by atoms with Gasteiger partial charge < -0.3 is 10.1 Å². The molecule has 0 saturated carbocycles. The molecule has 0 aromatic rings. The number of hydrogen-bond acceptors (Lipinski definition) is 3. The molecule has 0 heterocycles. The van der Waals surface area contributed by atoms with E-state index >= 15 is 0 Å². The first kappa shape index (κ1) is 19.9. The summed E-state index contributed by atoms with van der Waals surface area (Å²) in [6.45, 7) is 18.6. The molecule has 0 amide bonds. The monoisotopic (exact) mass is 286 g/mol. The molecule has 0 aliphatic rings. The molecule has 0 radical (unpaired) electrons. The Morgan fingerprint density at radius 1 is 0.850 bits per heavy atom. The van der Waals surface area contributed by atoms with Crippen molar-refractivity contribution in [2.24, 2.45) is 5.92 Å². The molecule has 0 atom stereocenters. The SMILES string of the molecule is CC(C)CNCCCCCOCCN(C(C)C)C(C)C. The summed E-state index contributed by atoms with van der Waals surface area (Å²) in [4.78, 5) is 2.48. The molecule has 0 rings (SSSR count). The standard InChI is InChI=1S/C17H38N2O/c1-15(2)14-18-10-8-7-9-12-20-13-11-19(16(3)4)17(5)6/h15-18H,7-14H2,1-6H3. The topological polar surface area (TPSA) is 24.5 Å². The highest BCUT2D eigenvalue weighted by atomic mass is 16.5. The van der Waals surface area contributed by atoms with Crippen molar-refractivity contribution in [1.82, 2.24) is 10.2 Å². The van der Waals surface area contributed by atoms with E-state index in [-0.39, 0.29) is 0 Å². The molecule has 3 nitrogen and oxygen atoms in total. The van der Waals surface area contributed by atoms with Crippen LogP contribution in [-0.2, 0) is 4.74 Å². The van der Waals surface area contributed by atoms with Gasteiger partial charge in [0.15, 0.2) is 0 Å². The van der Waals surface area contributed by atoms with Gasteiger partial charge in [-0.3, -0.25) is 4.90 Å². The lowest BCUT2D eigenvalue weighted by Gasteiger charge is -2.30. The first-order valence-corrected chi connectivity index (χ1v) is 8.49. The fraction of sp³-hybridized carbons (Fsp3) is 1.00. The third-order valence-electron chi connectivity index (χ3n) is 3.52. The van der Waals surface area contributed by atoms with Gasteiger partial charge in [0.1, 0.15) is 0 Å². The van der Waals surface area contributed by atoms with Crippen LogP contribution in [-0.4, -0.2) is 49.8 Å². The summed E-state index contributed by atoms with van der Waals surface area (Å²) in [6, 6.07) is 1.20. The average molecular weight is 287 g/mol. The van der Waals surface area contributed by atoms with Crippen LogP contribution in [0.5, 0.6) is 0 Å². The lowest BCUT2D eigenvalue weighted by Crippen LogP contribution is -2.39. The largest absolute Gasteiger partial charge is 0.380 e. The molecule has 0 aromatic heterocycles. The molecule has 0 aliphatic carbocycles. The summed E-state index contributed by atoms with van der Waals surface area (Å²) >= 11 is 0. The predicted octanol–water partition coefficient (Wildman–Crippen LogP) is 3.54. The van der Waals surface area contributed by atoms with E-state index in [2.05, 4.69) is 51.8 Å². The van der Waals surface area contributed by atoms with Crippen LogP contribution in [0, 0.1) is 5.92 Å². The first-order chi connectivity index (χ1) is 9.45. The van der Waals surface area contributed by atoms with Gasteiger partial charge in [-0.15, -0.1) is 0 Å². The van der Waals surface area contributed by atoms with Gasteiger partial charge in [0, 0.05) is 25.2 Å². The number of ether oxygens (including phenoxy) is 1. The van der Waals surface area contributed by atoms with Crippen LogP contribution >= 0.6 is 0 Å². The Balaban J connectivity index is 3.32. The van der Waals surface area contributed by atoms with Gasteiger partial charge in [-0.1, -0.05) is 13.8 Å². The van der Waals surface area contributed by atoms with Gasteiger partial charge in [-0.25, -0.2) is 0 Å². The van der Waals surface area contributed by atoms with Crippen LogP contribution in [0.1, 0.15) is 60.8 Å². The Kier molecular flexibility index (Phi) is 12.5. The molecule has 0 fully saturated rings. The molecule has 1 N–H and O–H groups in total. The van der Waals surface area contributed by atoms with Crippen molar-refractivity contribution in [1.29, 1.82) is 0 Å². The van der Waals surface area contributed by atoms with E-state index in [9.17, 15) is 0 Å². The summed E-state index contributed by atoms with van der Waals surface area (Å²) in [7, 11) is 0. The average Bonchev–Trinajstić information content (AvgIpc) is 2.34. The molecule has 0 bridgehead atoms. The fourth-order valence-electron chi connectivity index (χ4n) is 2.41. The van der Waals surface area contributed by atoms with Crippen LogP contribution in [0.3, 0.4) is 0 Å². The third-order valence-corrected chi connectivity index (χ3v) is 3.52. The minimum atomic E-state index is 0.602. The van der Waals surface area contributed by atoms with E-state index in [1.165, 1.54) is 19.3 Å². The lowest BCUT2D eigenvalue weighted by atomic mass is 10.2. The Morgan fingerprint density at radius 2 is 1.50 bits per heavy atom. The zero-order valence-corrected chi connectivity index (χ0v) is 14.7. The maximum absolute atomic E-state index is 5.75. The fourth-order valence-corrected chi connectivity index (χ4v) is 2.41. The molecule has 0 aromatic carbocycles. The third kappa shape index (κ3) is 11.7. The summed E-state index contributed by atoms with van der Waals surface area (Å²) in [5.41, 5.74) is 0. The Hall–Kier alpha value is -0.120. The predicted molar refractivity (Wildman–Crippen MR) is 89.4 cm³/mol. The Labute approximate surface area is 127 Å². The summed E-state index contributed by atoms with van der Waals surface area (Å²) in [5.74, 6) is 0.753. The quantitative estimate of drug-likeness (QED) is 0.524. The minimum absolute atomic E-state index is 0.602. The summed E-state index contributed by atoms with van der Waals surface area (Å²) in [5, 5.41) is 3.48. The highest BCUT2D eigenvalue weighted by molar-refractivity contribution is 4.66. The van der Waals surface area contributed by atoms with E-state index in [0.29, 0.717) is 12.1 Å². The van der Waals surface area contributed by atoms with Crippen LogP contribution in [0.25, 0.3) is 0 Å². The maximum Gasteiger partial charge on any atom is 0.0593 e. The molecule has 3 heteroatoms. The van der Waals surface area contributed by atoms with E-state index in [1.807, 2.05) is 0 Å². The minimum Gasteiger partial charge on any atom is -0.380 e. The highest BCUT2D eigenvalue weighted by Gasteiger charge is 2.12. The van der Waals surface area contributed by atoms with E-state index in [1.54, 1.807) is 0 Å². The molecule has 0 aliphatic heterocycles. The molecular formula is C17H38N2O. The number of nitrogens with one attached hydrogen (secondary N) is 1. The number of unbranched alkanes of at least 4 members (excludes halogenated alkanes) is 2. The number of nitrogens with zero attached hydrogens (tertiary/aromatic N) is 1. The van der Waals surface area contributed by atoms with Gasteiger partial charge in [0.25, 0.3) is 0 Å². The maximum atomic E-state index is 5.75. The van der Waals surface area contributed by atoms with E-state index < -0.39 is 0 Å². The van der Waals surface area contributed by atoms with Gasteiger partial charge in [-0.2, -0.15) is 0 Å². The molecular weight excluding hydrogens is 248 g/mol. The zero-order valence-electron chi connectivity index (χ0n) is 14.7. The first-order valence-electron chi connectivity index (χ1n) is 8.49. The van der Waals surface area contributed by atoms with Crippen molar-refractivity contribution in [3.63, 3.8) is 0 Å². The second-order valence-corrected chi connectivity index (χ2v) is 6.70. The van der Waals surface area contributed by atoms with Gasteiger partial charge in [0.2, 0.25) is 0 Å². The number of hydrogen-bond donors (Lipinski definition) is 1. The van der Waals surface area contributed by atoms with Gasteiger partial charge >= 0.3 is 0 Å². The van der Waals surface area contributed by atoms with Crippen LogP contribution in [0.4, 0.5) is 0 Å². The molecule has 20 heavy (non-hydrogen) atoms. The lowest BCUT2D eigenvalue weighted by molar-refractivity contribution is 0.0765. The number of rotatable bonds is 13. The Bertz CT molecular complexity index is 197. The normalized spacial score (nSPS) is 12.3. The van der Waals surface area contributed by atoms with Crippen molar-refractivity contribution >= 4 is 0 Å². The second-order valence-electron chi connectivity index (χ2n) is 6.70. The van der Waals surface area contributed by atoms with Crippen molar-refractivity contribution in [3.8, 4) is 0 Å². The molecule has 122 valence electrons. The highest BCUT2D eigenvalue weighted by Crippen LogP contribution is 2.04. The molecule has 0 unspecified atom stereocenters. The van der Waals surface area contributed by atoms with Crippen LogP contribution in [0.2, 0.25) is 0 Å².